The predicted molar refractivity (Wildman–Crippen MR) is 84.6 cm³/mol. The van der Waals surface area contributed by atoms with Gasteiger partial charge in [0, 0.05) is 23.2 Å². The summed E-state index contributed by atoms with van der Waals surface area (Å²) < 4.78 is 0.960. The highest BCUT2D eigenvalue weighted by Gasteiger charge is 2.14. The van der Waals surface area contributed by atoms with E-state index in [0.717, 1.165) is 10.0 Å². The molecule has 0 radical (unpaired) electrons. The lowest BCUT2D eigenvalue weighted by Gasteiger charge is -2.11. The van der Waals surface area contributed by atoms with Gasteiger partial charge in [-0.05, 0) is 11.6 Å². The number of nitrogens with zero attached hydrogens (tertiary/aromatic N) is 1. The molecule has 104 valence electrons. The monoisotopic (exact) mass is 374 g/mol. The SMILES string of the molecule is O=[N+]([O-])c1cc(Cl)c(NCc2ccccc2Br)c(Cl)c1. The largest absolute Gasteiger partial charge is 0.379 e. The van der Waals surface area contributed by atoms with Crippen LogP contribution in [-0.2, 0) is 6.54 Å². The lowest BCUT2D eigenvalue weighted by atomic mass is 10.2. The average Bonchev–Trinajstić information content (AvgIpc) is 2.39. The number of rotatable bonds is 4. The minimum Gasteiger partial charge on any atom is -0.379 e. The van der Waals surface area contributed by atoms with E-state index in [1.54, 1.807) is 0 Å². The van der Waals surface area contributed by atoms with Crippen molar-refractivity contribution in [3.8, 4) is 0 Å². The lowest BCUT2D eigenvalue weighted by molar-refractivity contribution is -0.384. The Bertz CT molecular complexity index is 642. The zero-order chi connectivity index (χ0) is 14.7. The molecule has 7 heteroatoms. The van der Waals surface area contributed by atoms with Crippen molar-refractivity contribution in [2.45, 2.75) is 6.54 Å². The second-order valence-electron chi connectivity index (χ2n) is 3.99. The molecule has 2 aromatic carbocycles. The molecular formula is C13H9BrCl2N2O2. The molecule has 0 aromatic heterocycles. The number of nitro groups is 1. The smallest absolute Gasteiger partial charge is 0.272 e. The van der Waals surface area contributed by atoms with E-state index in [2.05, 4.69) is 21.2 Å². The number of hydrogen-bond donors (Lipinski definition) is 1. The molecule has 2 aromatic rings. The highest BCUT2D eigenvalue weighted by molar-refractivity contribution is 9.10. The molecule has 1 N–H and O–H groups in total. The molecule has 20 heavy (non-hydrogen) atoms. The first-order chi connectivity index (χ1) is 9.49. The molecule has 0 aliphatic rings. The first-order valence-electron chi connectivity index (χ1n) is 5.59. The maximum absolute atomic E-state index is 10.7. The molecule has 0 bridgehead atoms. The normalized spacial score (nSPS) is 10.3. The van der Waals surface area contributed by atoms with Crippen LogP contribution in [0.4, 0.5) is 11.4 Å². The topological polar surface area (TPSA) is 55.2 Å². The molecule has 0 spiro atoms. The van der Waals surface area contributed by atoms with Crippen molar-refractivity contribution < 1.29 is 4.92 Å². The van der Waals surface area contributed by atoms with E-state index in [1.165, 1.54) is 12.1 Å². The number of anilines is 1. The van der Waals surface area contributed by atoms with Crippen molar-refractivity contribution in [3.05, 3.63) is 66.6 Å². The van der Waals surface area contributed by atoms with E-state index >= 15 is 0 Å². The van der Waals surface area contributed by atoms with E-state index in [4.69, 9.17) is 23.2 Å². The zero-order valence-corrected chi connectivity index (χ0v) is 13.2. The van der Waals surface area contributed by atoms with Crippen LogP contribution < -0.4 is 5.32 Å². The van der Waals surface area contributed by atoms with E-state index in [1.807, 2.05) is 24.3 Å². The van der Waals surface area contributed by atoms with Gasteiger partial charge in [-0.15, -0.1) is 0 Å². The van der Waals surface area contributed by atoms with Crippen LogP contribution in [0.15, 0.2) is 40.9 Å². The summed E-state index contributed by atoms with van der Waals surface area (Å²) in [6.07, 6.45) is 0. The Balaban J connectivity index is 2.22. The molecule has 0 aliphatic heterocycles. The summed E-state index contributed by atoms with van der Waals surface area (Å²) in [7, 11) is 0. The third-order valence-electron chi connectivity index (χ3n) is 2.65. The fourth-order valence-corrected chi connectivity index (χ4v) is 2.69. The Kier molecular flexibility index (Phi) is 4.86. The van der Waals surface area contributed by atoms with Crippen LogP contribution in [0.5, 0.6) is 0 Å². The predicted octanol–water partition coefficient (Wildman–Crippen LogP) is 5.28. The Morgan fingerprint density at radius 3 is 2.35 bits per heavy atom. The minimum absolute atomic E-state index is 0.133. The van der Waals surface area contributed by atoms with Gasteiger partial charge in [-0.1, -0.05) is 57.3 Å². The molecular weight excluding hydrogens is 367 g/mol. The van der Waals surface area contributed by atoms with E-state index in [-0.39, 0.29) is 15.7 Å². The van der Waals surface area contributed by atoms with Crippen molar-refractivity contribution in [1.82, 2.24) is 0 Å². The van der Waals surface area contributed by atoms with Crippen LogP contribution in [0.2, 0.25) is 10.0 Å². The number of nitrogens with one attached hydrogen (secondary N) is 1. The average molecular weight is 376 g/mol. The van der Waals surface area contributed by atoms with Gasteiger partial charge in [0.25, 0.3) is 5.69 Å². The van der Waals surface area contributed by atoms with Crippen molar-refractivity contribution in [3.63, 3.8) is 0 Å². The number of nitro benzene ring substituents is 1. The fraction of sp³-hybridized carbons (Fsp3) is 0.0769. The van der Waals surface area contributed by atoms with Crippen LogP contribution in [-0.4, -0.2) is 4.92 Å². The summed E-state index contributed by atoms with van der Waals surface area (Å²) in [4.78, 5) is 10.2. The molecule has 0 atom stereocenters. The van der Waals surface area contributed by atoms with Crippen molar-refractivity contribution in [2.24, 2.45) is 0 Å². The first-order valence-corrected chi connectivity index (χ1v) is 7.14. The fourth-order valence-electron chi connectivity index (χ4n) is 1.66. The van der Waals surface area contributed by atoms with E-state index in [0.29, 0.717) is 12.2 Å². The van der Waals surface area contributed by atoms with Gasteiger partial charge in [-0.2, -0.15) is 0 Å². The quantitative estimate of drug-likeness (QED) is 0.584. The summed E-state index contributed by atoms with van der Waals surface area (Å²) in [5, 5.41) is 14.2. The number of benzene rings is 2. The maximum Gasteiger partial charge on any atom is 0.272 e. The molecule has 0 unspecified atom stereocenters. The number of non-ortho nitro benzene ring substituents is 1. The van der Waals surface area contributed by atoms with Crippen LogP contribution in [0.1, 0.15) is 5.56 Å². The van der Waals surface area contributed by atoms with Gasteiger partial charge >= 0.3 is 0 Å². The van der Waals surface area contributed by atoms with Gasteiger partial charge in [-0.3, -0.25) is 10.1 Å². The highest BCUT2D eigenvalue weighted by Crippen LogP contribution is 2.35. The zero-order valence-electron chi connectivity index (χ0n) is 10.1. The number of hydrogen-bond acceptors (Lipinski definition) is 3. The molecule has 2 rings (SSSR count). The lowest BCUT2D eigenvalue weighted by Crippen LogP contribution is -2.02. The molecule has 0 saturated carbocycles. The maximum atomic E-state index is 10.7. The summed E-state index contributed by atoms with van der Waals surface area (Å²) in [5.74, 6) is 0. The van der Waals surface area contributed by atoms with E-state index < -0.39 is 4.92 Å². The highest BCUT2D eigenvalue weighted by atomic mass is 79.9. The van der Waals surface area contributed by atoms with Crippen LogP contribution in [0, 0.1) is 10.1 Å². The van der Waals surface area contributed by atoms with Crippen LogP contribution in [0.3, 0.4) is 0 Å². The Morgan fingerprint density at radius 2 is 1.80 bits per heavy atom. The third kappa shape index (κ3) is 3.42. The second kappa shape index (κ2) is 6.43. The van der Waals surface area contributed by atoms with Crippen LogP contribution in [0.25, 0.3) is 0 Å². The molecule has 4 nitrogen and oxygen atoms in total. The van der Waals surface area contributed by atoms with Gasteiger partial charge in [0.05, 0.1) is 20.7 Å². The molecule has 0 aliphatic carbocycles. The number of halogens is 3. The molecule has 0 fully saturated rings. The van der Waals surface area contributed by atoms with E-state index in [9.17, 15) is 10.1 Å². The Labute approximate surface area is 134 Å². The van der Waals surface area contributed by atoms with Crippen molar-refractivity contribution >= 4 is 50.5 Å². The van der Waals surface area contributed by atoms with Gasteiger partial charge in [0.2, 0.25) is 0 Å². The molecule has 0 amide bonds. The summed E-state index contributed by atoms with van der Waals surface area (Å²) >= 11 is 15.5. The first kappa shape index (κ1) is 15.1. The molecule has 0 saturated heterocycles. The second-order valence-corrected chi connectivity index (χ2v) is 5.66. The van der Waals surface area contributed by atoms with Crippen LogP contribution >= 0.6 is 39.1 Å². The minimum atomic E-state index is -0.532. The van der Waals surface area contributed by atoms with Gasteiger partial charge in [-0.25, -0.2) is 0 Å². The Hall–Kier alpha value is -1.30. The van der Waals surface area contributed by atoms with Crippen molar-refractivity contribution in [1.29, 1.82) is 0 Å². The Morgan fingerprint density at radius 1 is 1.20 bits per heavy atom. The third-order valence-corrected chi connectivity index (χ3v) is 4.02. The summed E-state index contributed by atoms with van der Waals surface area (Å²) in [5.41, 5.74) is 1.37. The molecule has 0 heterocycles. The standard InChI is InChI=1S/C13H9BrCl2N2O2/c14-10-4-2-1-3-8(10)7-17-13-11(15)5-9(18(19)20)6-12(13)16/h1-6,17H,7H2. The van der Waals surface area contributed by atoms with Gasteiger partial charge < -0.3 is 5.32 Å². The summed E-state index contributed by atoms with van der Waals surface area (Å²) in [6.45, 7) is 0.499. The van der Waals surface area contributed by atoms with Crippen molar-refractivity contribution in [2.75, 3.05) is 5.32 Å². The van der Waals surface area contributed by atoms with Gasteiger partial charge in [0.15, 0.2) is 0 Å². The summed E-state index contributed by atoms with van der Waals surface area (Å²) in [6, 6.07) is 10.3. The van der Waals surface area contributed by atoms with Gasteiger partial charge in [0.1, 0.15) is 0 Å².